The number of nitrogens with zero attached hydrogens (tertiary/aromatic N) is 5. The number of rotatable bonds is 4. The second-order valence-electron chi connectivity index (χ2n) is 10.00. The molecule has 0 unspecified atom stereocenters. The first-order chi connectivity index (χ1) is 19.7. The maximum atomic E-state index is 13.6. The van der Waals surface area contributed by atoms with Crippen molar-refractivity contribution in [3.8, 4) is 16.9 Å². The fraction of sp³-hybridized carbons (Fsp3) is 0.241. The summed E-state index contributed by atoms with van der Waals surface area (Å²) < 4.78 is 54.3. The molecule has 210 valence electrons. The van der Waals surface area contributed by atoms with Crippen molar-refractivity contribution in [3.63, 3.8) is 0 Å². The van der Waals surface area contributed by atoms with E-state index in [0.29, 0.717) is 35.5 Å². The van der Waals surface area contributed by atoms with Crippen molar-refractivity contribution >= 4 is 17.5 Å². The third-order valence-corrected chi connectivity index (χ3v) is 7.70. The molecule has 1 N–H and O–H groups in total. The second-order valence-corrected chi connectivity index (χ2v) is 10.00. The van der Waals surface area contributed by atoms with E-state index in [0.717, 1.165) is 12.1 Å². The average Bonchev–Trinajstić information content (AvgIpc) is 3.56. The van der Waals surface area contributed by atoms with Crippen LogP contribution >= 0.6 is 0 Å². The molecule has 0 saturated carbocycles. The van der Waals surface area contributed by atoms with Gasteiger partial charge in [0.2, 0.25) is 5.91 Å². The van der Waals surface area contributed by atoms with E-state index in [9.17, 15) is 27.2 Å². The highest BCUT2D eigenvalue weighted by Crippen LogP contribution is 2.37. The highest BCUT2D eigenvalue weighted by atomic mass is 19.4. The van der Waals surface area contributed by atoms with Crippen LogP contribution in [0.4, 0.5) is 23.2 Å². The maximum absolute atomic E-state index is 13.6. The van der Waals surface area contributed by atoms with Crippen LogP contribution in [0.15, 0.2) is 79.1 Å². The van der Waals surface area contributed by atoms with E-state index in [-0.39, 0.29) is 43.1 Å². The molecule has 41 heavy (non-hydrogen) atoms. The van der Waals surface area contributed by atoms with Gasteiger partial charge in [-0.15, -0.1) is 0 Å². The molecular weight excluding hydrogens is 540 g/mol. The van der Waals surface area contributed by atoms with Crippen molar-refractivity contribution in [1.29, 1.82) is 0 Å². The number of hydrogen-bond donors (Lipinski definition) is 1. The van der Waals surface area contributed by atoms with E-state index in [2.05, 4.69) is 15.4 Å². The summed E-state index contributed by atoms with van der Waals surface area (Å²) in [4.78, 5) is 34.1. The van der Waals surface area contributed by atoms with E-state index in [1.165, 1.54) is 28.9 Å². The number of alkyl halides is 3. The molecule has 2 aliphatic rings. The van der Waals surface area contributed by atoms with Gasteiger partial charge in [0.1, 0.15) is 11.4 Å². The lowest BCUT2D eigenvalue weighted by Crippen LogP contribution is -2.57. The minimum Gasteiger partial charge on any atom is -0.339 e. The predicted octanol–water partition coefficient (Wildman–Crippen LogP) is 4.66. The minimum atomic E-state index is -4.48. The van der Waals surface area contributed by atoms with Gasteiger partial charge in [0.25, 0.3) is 5.91 Å². The molecule has 2 saturated heterocycles. The SMILES string of the molecule is O=C(c1cc(-c2ccncc2)n(-c2ccc(C(F)(F)F)cc2)n1)N1CCC2(CC1)C(=O)NCN2c1ccc(F)cc1. The Morgan fingerprint density at radius 1 is 0.902 bits per heavy atom. The summed E-state index contributed by atoms with van der Waals surface area (Å²) in [6, 6.07) is 15.6. The van der Waals surface area contributed by atoms with Crippen LogP contribution in [0, 0.1) is 5.82 Å². The highest BCUT2D eigenvalue weighted by molar-refractivity contribution is 5.96. The van der Waals surface area contributed by atoms with Gasteiger partial charge in [-0.05, 0) is 79.6 Å². The van der Waals surface area contributed by atoms with Gasteiger partial charge in [-0.1, -0.05) is 0 Å². The largest absolute Gasteiger partial charge is 0.416 e. The number of likely N-dealkylation sites (tertiary alicyclic amines) is 1. The number of halogens is 4. The van der Waals surface area contributed by atoms with Gasteiger partial charge >= 0.3 is 6.18 Å². The standard InChI is InChI=1S/C29H24F4N6O2/c30-21-3-7-22(8-4-21)38-18-35-27(41)28(38)11-15-37(16-12-28)26(40)24-17-25(19-9-13-34-14-10-19)39(36-24)23-5-1-20(2-6-23)29(31,32)33/h1-10,13-14,17H,11-12,15-16,18H2,(H,35,41). The van der Waals surface area contributed by atoms with Crippen LogP contribution in [0.2, 0.25) is 0 Å². The topological polar surface area (TPSA) is 83.4 Å². The fourth-order valence-electron chi connectivity index (χ4n) is 5.49. The lowest BCUT2D eigenvalue weighted by molar-refractivity contribution is -0.137. The summed E-state index contributed by atoms with van der Waals surface area (Å²) in [7, 11) is 0. The van der Waals surface area contributed by atoms with E-state index in [1.54, 1.807) is 47.6 Å². The third-order valence-electron chi connectivity index (χ3n) is 7.70. The molecule has 2 aromatic heterocycles. The number of carbonyl (C=O) groups is 2. The average molecular weight is 565 g/mol. The minimum absolute atomic E-state index is 0.124. The monoisotopic (exact) mass is 564 g/mol. The molecule has 2 amide bonds. The summed E-state index contributed by atoms with van der Waals surface area (Å²) in [6.07, 6.45) is -0.613. The number of benzene rings is 2. The molecule has 0 atom stereocenters. The van der Waals surface area contributed by atoms with Crippen molar-refractivity contribution in [1.82, 2.24) is 25.0 Å². The van der Waals surface area contributed by atoms with Crippen molar-refractivity contribution in [2.24, 2.45) is 0 Å². The molecule has 2 aliphatic heterocycles. The summed E-state index contributed by atoms with van der Waals surface area (Å²) in [5.41, 5.74) is 0.738. The Hall–Kier alpha value is -4.74. The molecule has 2 aromatic carbocycles. The number of anilines is 1. The first-order valence-electron chi connectivity index (χ1n) is 12.9. The maximum Gasteiger partial charge on any atom is 0.416 e. The number of amides is 2. The van der Waals surface area contributed by atoms with Gasteiger partial charge in [0, 0.05) is 36.7 Å². The summed E-state index contributed by atoms with van der Waals surface area (Å²) in [6.45, 7) is 0.842. The molecule has 8 nitrogen and oxygen atoms in total. The number of aromatic nitrogens is 3. The molecule has 0 aliphatic carbocycles. The first kappa shape index (κ1) is 26.5. The molecule has 4 aromatic rings. The normalized spacial score (nSPS) is 16.7. The lowest BCUT2D eigenvalue weighted by atomic mass is 9.85. The molecule has 0 bridgehead atoms. The zero-order valence-corrected chi connectivity index (χ0v) is 21.6. The summed E-state index contributed by atoms with van der Waals surface area (Å²) in [5, 5.41) is 7.38. The second kappa shape index (κ2) is 10.0. The lowest BCUT2D eigenvalue weighted by Gasteiger charge is -2.43. The zero-order valence-electron chi connectivity index (χ0n) is 21.6. The first-order valence-corrected chi connectivity index (χ1v) is 12.9. The van der Waals surface area contributed by atoms with E-state index in [4.69, 9.17) is 0 Å². The van der Waals surface area contributed by atoms with Crippen molar-refractivity contribution in [3.05, 3.63) is 96.2 Å². The summed E-state index contributed by atoms with van der Waals surface area (Å²) >= 11 is 0. The van der Waals surface area contributed by atoms with Crippen molar-refractivity contribution < 1.29 is 27.2 Å². The van der Waals surface area contributed by atoms with Gasteiger partial charge in [-0.3, -0.25) is 14.6 Å². The number of piperidine rings is 1. The quantitative estimate of drug-likeness (QED) is 0.365. The number of pyridine rings is 1. The molecule has 6 rings (SSSR count). The van der Waals surface area contributed by atoms with Gasteiger partial charge in [-0.25, -0.2) is 9.07 Å². The molecule has 2 fully saturated rings. The van der Waals surface area contributed by atoms with Gasteiger partial charge < -0.3 is 15.1 Å². The van der Waals surface area contributed by atoms with Crippen LogP contribution in [-0.4, -0.2) is 56.8 Å². The van der Waals surface area contributed by atoms with Gasteiger partial charge in [-0.2, -0.15) is 18.3 Å². The van der Waals surface area contributed by atoms with Crippen LogP contribution in [0.3, 0.4) is 0 Å². The Bertz CT molecular complexity index is 1580. The Kier molecular flexibility index (Phi) is 6.47. The zero-order chi connectivity index (χ0) is 28.8. The Labute approximate surface area is 232 Å². The van der Waals surface area contributed by atoms with Crippen molar-refractivity contribution in [2.45, 2.75) is 24.6 Å². The third kappa shape index (κ3) is 4.79. The van der Waals surface area contributed by atoms with Crippen LogP contribution in [0.1, 0.15) is 28.9 Å². The molecule has 1 spiro atoms. The molecule has 12 heteroatoms. The van der Waals surface area contributed by atoms with E-state index in [1.807, 2.05) is 4.90 Å². The molecule has 4 heterocycles. The Morgan fingerprint density at radius 2 is 1.54 bits per heavy atom. The van der Waals surface area contributed by atoms with Crippen LogP contribution in [-0.2, 0) is 11.0 Å². The number of nitrogens with one attached hydrogen (secondary N) is 1. The van der Waals surface area contributed by atoms with Gasteiger partial charge in [0.05, 0.1) is 23.6 Å². The highest BCUT2D eigenvalue weighted by Gasteiger charge is 2.51. The van der Waals surface area contributed by atoms with E-state index >= 15 is 0 Å². The smallest absolute Gasteiger partial charge is 0.339 e. The van der Waals surface area contributed by atoms with Gasteiger partial charge in [0.15, 0.2) is 5.69 Å². The Balaban J connectivity index is 1.27. The molecule has 0 radical (unpaired) electrons. The summed E-state index contributed by atoms with van der Waals surface area (Å²) in [5.74, 6) is -0.864. The van der Waals surface area contributed by atoms with E-state index < -0.39 is 17.3 Å². The van der Waals surface area contributed by atoms with Crippen LogP contribution in [0.25, 0.3) is 16.9 Å². The van der Waals surface area contributed by atoms with Crippen LogP contribution < -0.4 is 10.2 Å². The van der Waals surface area contributed by atoms with Crippen LogP contribution in [0.5, 0.6) is 0 Å². The Morgan fingerprint density at radius 3 is 2.17 bits per heavy atom. The number of hydrogen-bond acceptors (Lipinski definition) is 5. The predicted molar refractivity (Wildman–Crippen MR) is 142 cm³/mol. The van der Waals surface area contributed by atoms with Crippen molar-refractivity contribution in [2.75, 3.05) is 24.7 Å². The number of carbonyl (C=O) groups excluding carboxylic acids is 2. The molecular formula is C29H24F4N6O2. The fourth-order valence-corrected chi connectivity index (χ4v) is 5.49.